The number of unbranched alkanes of at least 4 members (excludes halogenated alkanes) is 1. The second kappa shape index (κ2) is 10.3. The lowest BCUT2D eigenvalue weighted by Crippen LogP contribution is -2.77. The number of hydrogen-bond donors (Lipinski definition) is 1. The van der Waals surface area contributed by atoms with E-state index in [0.29, 0.717) is 0 Å². The number of halogens is 21. The summed E-state index contributed by atoms with van der Waals surface area (Å²) in [4.78, 5) is -5.24. The predicted octanol–water partition coefficient (Wildman–Crippen LogP) is 7.40. The molecule has 0 saturated heterocycles. The van der Waals surface area contributed by atoms with Crippen LogP contribution in [0.5, 0.6) is 0 Å². The summed E-state index contributed by atoms with van der Waals surface area (Å²) < 4.78 is 263. The summed E-state index contributed by atoms with van der Waals surface area (Å²) in [6.07, 6.45) is -21.9. The Hall–Kier alpha value is -1.55. The smallest absolute Gasteiger partial charge is 0.330 e. The van der Waals surface area contributed by atoms with Gasteiger partial charge in [0, 0.05) is 0 Å². The molecule has 0 amide bonds. The van der Waals surface area contributed by atoms with Crippen LogP contribution >= 0.6 is 0 Å². The number of rotatable bonds is 8. The van der Waals surface area contributed by atoms with Crippen molar-refractivity contribution in [2.75, 3.05) is 6.54 Å². The molecule has 0 aliphatic heterocycles. The van der Waals surface area contributed by atoms with E-state index in [4.69, 9.17) is 5.73 Å². The van der Waals surface area contributed by atoms with Gasteiger partial charge in [-0.3, -0.25) is 0 Å². The summed E-state index contributed by atoms with van der Waals surface area (Å²) >= 11 is 0. The van der Waals surface area contributed by atoms with Crippen molar-refractivity contribution < 1.29 is 92.2 Å². The van der Waals surface area contributed by atoms with Gasteiger partial charge in [-0.15, -0.1) is 0 Å². The van der Waals surface area contributed by atoms with E-state index in [2.05, 4.69) is 6.92 Å². The maximum absolute atomic E-state index is 13.2. The van der Waals surface area contributed by atoms with Crippen LogP contribution in [0.3, 0.4) is 0 Å². The third kappa shape index (κ3) is 6.11. The van der Waals surface area contributed by atoms with E-state index in [-0.39, 0.29) is 0 Å². The summed E-state index contributed by atoms with van der Waals surface area (Å²) in [5.41, 5.74) is 5.14. The highest BCUT2D eigenvalue weighted by atomic mass is 19.4. The molecule has 0 radical (unpaired) electrons. The molecule has 220 valence electrons. The quantitative estimate of drug-likeness (QED) is 0.235. The zero-order valence-corrected chi connectivity index (χ0v) is 16.6. The molecule has 0 unspecified atom stereocenters. The van der Waals surface area contributed by atoms with Crippen LogP contribution in [0.25, 0.3) is 0 Å². The van der Waals surface area contributed by atoms with Gasteiger partial charge < -0.3 is 5.73 Å². The van der Waals surface area contributed by atoms with Crippen molar-refractivity contribution in [3.05, 3.63) is 0 Å². The first kappa shape index (κ1) is 36.6. The van der Waals surface area contributed by atoms with Gasteiger partial charge in [-0.2, -0.15) is 92.2 Å². The Morgan fingerprint density at radius 1 is 0.472 bits per heavy atom. The lowest BCUT2D eigenvalue weighted by atomic mass is 10.0. The molecule has 0 aromatic carbocycles. The second-order valence-electron chi connectivity index (χ2n) is 6.32. The van der Waals surface area contributed by atoms with Gasteiger partial charge in [-0.05, 0) is 13.0 Å². The number of nitrogens with two attached hydrogens (primary N) is 1. The molecule has 0 aliphatic carbocycles. The van der Waals surface area contributed by atoms with E-state index in [0.717, 1.165) is 6.54 Å². The van der Waals surface area contributed by atoms with Crippen LogP contribution in [-0.4, -0.2) is 65.9 Å². The van der Waals surface area contributed by atoms with Gasteiger partial charge in [0.2, 0.25) is 0 Å². The van der Waals surface area contributed by atoms with Gasteiger partial charge in [0.05, 0.1) is 0 Å². The van der Waals surface area contributed by atoms with E-state index in [9.17, 15) is 92.2 Å². The van der Waals surface area contributed by atoms with Crippen LogP contribution in [0.1, 0.15) is 19.8 Å². The minimum absolute atomic E-state index is 0.844. The fourth-order valence-corrected chi connectivity index (χ4v) is 1.71. The molecular weight excluding hydrogens is 583 g/mol. The maximum Gasteiger partial charge on any atom is 0.469 e. The molecule has 0 aliphatic rings. The van der Waals surface area contributed by atoms with Crippen LogP contribution in [-0.2, 0) is 0 Å². The molecule has 0 spiro atoms. The van der Waals surface area contributed by atoms with E-state index in [1.165, 1.54) is 12.8 Å². The summed E-state index contributed by atoms with van der Waals surface area (Å²) in [5, 5.41) is 0. The normalized spacial score (nSPS) is 15.7. The minimum atomic E-state index is -8.90. The third-order valence-corrected chi connectivity index (χ3v) is 3.63. The van der Waals surface area contributed by atoms with Crippen molar-refractivity contribution in [1.29, 1.82) is 0 Å². The Balaban J connectivity index is 0. The van der Waals surface area contributed by atoms with E-state index in [1.54, 1.807) is 0 Å². The first-order valence-electron chi connectivity index (χ1n) is 8.25. The Bertz CT molecular complexity index is 648. The minimum Gasteiger partial charge on any atom is -0.330 e. The Kier molecular flexibility index (Phi) is 10.5. The second-order valence-corrected chi connectivity index (χ2v) is 6.32. The van der Waals surface area contributed by atoms with E-state index >= 15 is 0 Å². The van der Waals surface area contributed by atoms with Crippen molar-refractivity contribution in [1.82, 2.24) is 4.90 Å². The first-order chi connectivity index (χ1) is 15.3. The lowest BCUT2D eigenvalue weighted by molar-refractivity contribution is -0.515. The summed E-state index contributed by atoms with van der Waals surface area (Å²) in [6.45, 7) is 2.98. The molecule has 0 atom stereocenters. The zero-order chi connectivity index (χ0) is 30.2. The van der Waals surface area contributed by atoms with Gasteiger partial charge in [-0.25, -0.2) is 0 Å². The highest BCUT2D eigenvalue weighted by Crippen LogP contribution is 2.62. The van der Waals surface area contributed by atoms with Crippen LogP contribution in [0.15, 0.2) is 0 Å². The number of alkyl halides is 21. The van der Waals surface area contributed by atoms with Crippen LogP contribution in [0.2, 0.25) is 0 Å². The molecule has 0 bridgehead atoms. The van der Waals surface area contributed by atoms with Gasteiger partial charge in [0.1, 0.15) is 0 Å². The average molecular weight is 594 g/mol. The summed E-state index contributed by atoms with van der Waals surface area (Å²) in [7, 11) is 0. The summed E-state index contributed by atoms with van der Waals surface area (Å²) in [5.74, 6) is -34.5. The molecule has 0 saturated carbocycles. The average Bonchev–Trinajstić information content (AvgIpc) is 2.58. The molecule has 0 rings (SSSR count). The summed E-state index contributed by atoms with van der Waals surface area (Å²) in [6, 6.07) is -17.8. The van der Waals surface area contributed by atoms with Gasteiger partial charge in [-0.1, -0.05) is 18.2 Å². The van der Waals surface area contributed by atoms with Crippen molar-refractivity contribution >= 4 is 0 Å². The fraction of sp³-hybridized carbons (Fsp3) is 1.00. The lowest BCUT2D eigenvalue weighted by Gasteiger charge is -2.45. The van der Waals surface area contributed by atoms with Gasteiger partial charge in [0.15, 0.2) is 0 Å². The van der Waals surface area contributed by atoms with E-state index in [1.807, 2.05) is 0 Å². The number of nitrogens with zero attached hydrogens (tertiary/aromatic N) is 1. The van der Waals surface area contributed by atoms with Crippen molar-refractivity contribution in [2.24, 2.45) is 5.73 Å². The largest absolute Gasteiger partial charge is 0.469 e. The highest BCUT2D eigenvalue weighted by Gasteiger charge is 2.92. The first-order valence-corrected chi connectivity index (χ1v) is 8.25. The Morgan fingerprint density at radius 2 is 0.722 bits per heavy atom. The standard InChI is InChI=1S/C9F21N.C4H11N/c10-1(11,5(18,19)20)3(14,15)7(24,25)31(9(28,29)30)8(26,27)4(16,17)2(12,13)6(21,22)23;1-2-3-4-5/h;2-5H2,1H3. The molecule has 23 heteroatoms. The van der Waals surface area contributed by atoms with Gasteiger partial charge in [0.25, 0.3) is 0 Å². The Labute approximate surface area is 185 Å². The molecule has 0 heterocycles. The zero-order valence-electron chi connectivity index (χ0n) is 16.6. The van der Waals surface area contributed by atoms with Crippen molar-refractivity contribution in [2.45, 2.75) is 74.2 Å². The molecular formula is C13H11F21N2. The monoisotopic (exact) mass is 594 g/mol. The molecule has 2 nitrogen and oxygen atoms in total. The van der Waals surface area contributed by atoms with Crippen LogP contribution in [0.4, 0.5) is 92.2 Å². The van der Waals surface area contributed by atoms with Crippen molar-refractivity contribution in [3.8, 4) is 0 Å². The molecule has 2 N–H and O–H groups in total. The Morgan fingerprint density at radius 3 is 0.833 bits per heavy atom. The third-order valence-electron chi connectivity index (χ3n) is 3.63. The molecule has 0 aromatic heterocycles. The van der Waals surface area contributed by atoms with Gasteiger partial charge >= 0.3 is 54.4 Å². The predicted molar refractivity (Wildman–Crippen MR) is 73.6 cm³/mol. The molecule has 0 aromatic rings. The van der Waals surface area contributed by atoms with Crippen LogP contribution < -0.4 is 5.73 Å². The SMILES string of the molecule is CCCCN.FC(F)(F)N(C(F)(F)C(F)(F)C(F)(F)C(F)(F)F)C(F)(F)C(F)(F)C(F)(F)C(F)(F)F. The number of hydrogen-bond acceptors (Lipinski definition) is 2. The maximum atomic E-state index is 13.2. The molecule has 0 fully saturated rings. The highest BCUT2D eigenvalue weighted by molar-refractivity contribution is 5.07. The van der Waals surface area contributed by atoms with E-state index < -0.39 is 59.3 Å². The topological polar surface area (TPSA) is 29.3 Å². The van der Waals surface area contributed by atoms with Crippen molar-refractivity contribution in [3.63, 3.8) is 0 Å². The molecule has 36 heavy (non-hydrogen) atoms. The fourth-order valence-electron chi connectivity index (χ4n) is 1.71. The van der Waals surface area contributed by atoms with Crippen LogP contribution in [0, 0.1) is 0 Å².